The zero-order valence-corrected chi connectivity index (χ0v) is 17.4. The van der Waals surface area contributed by atoms with E-state index in [9.17, 15) is 4.79 Å². The van der Waals surface area contributed by atoms with Crippen LogP contribution in [0.1, 0.15) is 20.3 Å². The average molecular weight is 409 g/mol. The Labute approximate surface area is 173 Å². The molecule has 0 saturated carbocycles. The van der Waals surface area contributed by atoms with Gasteiger partial charge in [-0.15, -0.1) is 10.2 Å². The Hall–Kier alpha value is -2.80. The maximum absolute atomic E-state index is 13.0. The van der Waals surface area contributed by atoms with E-state index in [1.54, 1.807) is 16.3 Å². The fourth-order valence-electron chi connectivity index (χ4n) is 3.23. The number of hydrogen-bond acceptors (Lipinski definition) is 5. The lowest BCUT2D eigenvalue weighted by Crippen LogP contribution is -2.24. The second-order valence-electron chi connectivity index (χ2n) is 7.28. The number of aryl methyl sites for hydroxylation is 1. The van der Waals surface area contributed by atoms with Crippen molar-refractivity contribution >= 4 is 28.4 Å². The first-order chi connectivity index (χ1) is 14.1. The van der Waals surface area contributed by atoms with Gasteiger partial charge in [0, 0.05) is 12.3 Å². The Morgan fingerprint density at radius 3 is 2.59 bits per heavy atom. The minimum absolute atomic E-state index is 0.00916. The standard InChI is InChI=1S/C22H24N4O2S/c1-16(2)12-13-25-20(27)18-10-6-7-11-19(18)26-21(25)23-24-22(26)29-15-14-28-17-8-4-3-5-9-17/h3-11,16H,12-15H2,1-2H3. The zero-order valence-electron chi connectivity index (χ0n) is 16.6. The van der Waals surface area contributed by atoms with Crippen LogP contribution in [-0.4, -0.2) is 31.5 Å². The lowest BCUT2D eigenvalue weighted by molar-refractivity contribution is 0.344. The number of nitrogens with zero attached hydrogens (tertiary/aromatic N) is 4. The third-order valence-electron chi connectivity index (χ3n) is 4.73. The van der Waals surface area contributed by atoms with E-state index < -0.39 is 0 Å². The fourth-order valence-corrected chi connectivity index (χ4v) is 3.98. The molecule has 2 aromatic heterocycles. The molecule has 4 aromatic rings. The molecule has 0 aliphatic heterocycles. The molecule has 0 amide bonds. The largest absolute Gasteiger partial charge is 0.493 e. The molecular formula is C22H24N4O2S. The summed E-state index contributed by atoms with van der Waals surface area (Å²) in [5.74, 6) is 2.68. The number of para-hydroxylation sites is 2. The van der Waals surface area contributed by atoms with Crippen LogP contribution in [0.3, 0.4) is 0 Å². The van der Waals surface area contributed by atoms with Gasteiger partial charge in [0.25, 0.3) is 5.56 Å². The molecule has 0 aliphatic rings. The smallest absolute Gasteiger partial charge is 0.262 e. The molecule has 0 N–H and O–H groups in total. The first-order valence-corrected chi connectivity index (χ1v) is 10.8. The summed E-state index contributed by atoms with van der Waals surface area (Å²) >= 11 is 1.58. The van der Waals surface area contributed by atoms with Gasteiger partial charge in [-0.05, 0) is 36.6 Å². The van der Waals surface area contributed by atoms with E-state index in [2.05, 4.69) is 24.0 Å². The summed E-state index contributed by atoms with van der Waals surface area (Å²) in [6.45, 7) is 5.50. The van der Waals surface area contributed by atoms with Gasteiger partial charge in [0.2, 0.25) is 5.78 Å². The van der Waals surface area contributed by atoms with E-state index in [1.807, 2.05) is 59.0 Å². The summed E-state index contributed by atoms with van der Waals surface area (Å²) in [7, 11) is 0. The van der Waals surface area contributed by atoms with E-state index in [0.717, 1.165) is 28.6 Å². The zero-order chi connectivity index (χ0) is 20.2. The van der Waals surface area contributed by atoms with Crippen molar-refractivity contribution in [1.29, 1.82) is 0 Å². The van der Waals surface area contributed by atoms with E-state index in [0.29, 0.717) is 30.2 Å². The predicted molar refractivity (Wildman–Crippen MR) is 117 cm³/mol. The number of rotatable bonds is 8. The summed E-state index contributed by atoms with van der Waals surface area (Å²) in [5.41, 5.74) is 0.829. The van der Waals surface area contributed by atoms with Gasteiger partial charge in [0.05, 0.1) is 17.5 Å². The van der Waals surface area contributed by atoms with Gasteiger partial charge in [-0.25, -0.2) is 0 Å². The minimum Gasteiger partial charge on any atom is -0.493 e. The molecule has 0 aliphatic carbocycles. The summed E-state index contributed by atoms with van der Waals surface area (Å²) in [6, 6.07) is 17.4. The van der Waals surface area contributed by atoms with Crippen LogP contribution in [0.5, 0.6) is 5.75 Å². The van der Waals surface area contributed by atoms with Crippen molar-refractivity contribution < 1.29 is 4.74 Å². The Morgan fingerprint density at radius 1 is 1.03 bits per heavy atom. The van der Waals surface area contributed by atoms with E-state index >= 15 is 0 Å². The highest BCUT2D eigenvalue weighted by Crippen LogP contribution is 2.22. The van der Waals surface area contributed by atoms with Gasteiger partial charge in [-0.3, -0.25) is 13.8 Å². The molecule has 0 bridgehead atoms. The Kier molecular flexibility index (Phi) is 5.85. The van der Waals surface area contributed by atoms with Crippen molar-refractivity contribution in [3.63, 3.8) is 0 Å². The van der Waals surface area contributed by atoms with Gasteiger partial charge in [-0.2, -0.15) is 0 Å². The van der Waals surface area contributed by atoms with Gasteiger partial charge in [0.1, 0.15) is 5.75 Å². The molecule has 4 rings (SSSR count). The predicted octanol–water partition coefficient (Wildman–Crippen LogP) is 4.26. The number of thioether (sulfide) groups is 1. The lowest BCUT2D eigenvalue weighted by Gasteiger charge is -2.12. The third-order valence-corrected chi connectivity index (χ3v) is 5.63. The molecule has 0 fully saturated rings. The van der Waals surface area contributed by atoms with Crippen LogP contribution >= 0.6 is 11.8 Å². The van der Waals surface area contributed by atoms with Gasteiger partial charge in [-0.1, -0.05) is 55.9 Å². The highest BCUT2D eigenvalue weighted by molar-refractivity contribution is 7.99. The minimum atomic E-state index is -0.00916. The number of aromatic nitrogens is 4. The maximum atomic E-state index is 13.0. The molecule has 150 valence electrons. The molecule has 2 aromatic carbocycles. The molecular weight excluding hydrogens is 384 g/mol. The second kappa shape index (κ2) is 8.69. The highest BCUT2D eigenvalue weighted by atomic mass is 32.2. The quantitative estimate of drug-likeness (QED) is 0.322. The van der Waals surface area contributed by atoms with Gasteiger partial charge < -0.3 is 4.74 Å². The van der Waals surface area contributed by atoms with Crippen molar-refractivity contribution in [2.75, 3.05) is 12.4 Å². The van der Waals surface area contributed by atoms with Crippen LogP contribution in [0.4, 0.5) is 0 Å². The summed E-state index contributed by atoms with van der Waals surface area (Å²) < 4.78 is 9.52. The van der Waals surface area contributed by atoms with E-state index in [4.69, 9.17) is 4.74 Å². The number of ether oxygens (including phenoxy) is 1. The molecule has 0 spiro atoms. The molecule has 0 atom stereocenters. The molecule has 6 nitrogen and oxygen atoms in total. The van der Waals surface area contributed by atoms with Crippen molar-refractivity contribution in [2.45, 2.75) is 32.0 Å². The topological polar surface area (TPSA) is 61.4 Å². The van der Waals surface area contributed by atoms with Crippen molar-refractivity contribution in [2.24, 2.45) is 5.92 Å². The Balaban J connectivity index is 1.64. The fraction of sp³-hybridized carbons (Fsp3) is 0.318. The Morgan fingerprint density at radius 2 is 1.79 bits per heavy atom. The molecule has 2 heterocycles. The lowest BCUT2D eigenvalue weighted by atomic mass is 10.1. The van der Waals surface area contributed by atoms with Crippen LogP contribution < -0.4 is 10.3 Å². The number of benzene rings is 2. The first kappa shape index (κ1) is 19.5. The van der Waals surface area contributed by atoms with Gasteiger partial charge >= 0.3 is 0 Å². The highest BCUT2D eigenvalue weighted by Gasteiger charge is 2.16. The van der Waals surface area contributed by atoms with Crippen LogP contribution in [0, 0.1) is 5.92 Å². The summed E-state index contributed by atoms with van der Waals surface area (Å²) in [4.78, 5) is 13.0. The average Bonchev–Trinajstić information content (AvgIpc) is 3.15. The molecule has 0 radical (unpaired) electrons. The molecule has 0 unspecified atom stereocenters. The van der Waals surface area contributed by atoms with Crippen molar-refractivity contribution in [1.82, 2.24) is 19.2 Å². The first-order valence-electron chi connectivity index (χ1n) is 9.82. The summed E-state index contributed by atoms with van der Waals surface area (Å²) in [5, 5.41) is 10.2. The molecule has 29 heavy (non-hydrogen) atoms. The monoisotopic (exact) mass is 408 g/mol. The molecule has 7 heteroatoms. The normalized spacial score (nSPS) is 11.6. The van der Waals surface area contributed by atoms with Crippen LogP contribution in [0.2, 0.25) is 0 Å². The van der Waals surface area contributed by atoms with Gasteiger partial charge in [0.15, 0.2) is 5.16 Å². The van der Waals surface area contributed by atoms with Crippen LogP contribution in [-0.2, 0) is 6.54 Å². The van der Waals surface area contributed by atoms with Crippen molar-refractivity contribution in [3.8, 4) is 5.75 Å². The van der Waals surface area contributed by atoms with Crippen molar-refractivity contribution in [3.05, 3.63) is 65.0 Å². The van der Waals surface area contributed by atoms with E-state index in [1.165, 1.54) is 0 Å². The Bertz CT molecular complexity index is 1170. The second-order valence-corrected chi connectivity index (χ2v) is 8.35. The SMILES string of the molecule is CC(C)CCn1c(=O)c2ccccc2n2c(SCCOc3ccccc3)nnc12. The third kappa shape index (κ3) is 4.15. The van der Waals surface area contributed by atoms with Crippen LogP contribution in [0.15, 0.2) is 64.5 Å². The molecule has 0 saturated heterocycles. The van der Waals surface area contributed by atoms with Crippen LogP contribution in [0.25, 0.3) is 16.7 Å². The summed E-state index contributed by atoms with van der Waals surface area (Å²) in [6.07, 6.45) is 0.911. The number of hydrogen-bond donors (Lipinski definition) is 0. The van der Waals surface area contributed by atoms with E-state index in [-0.39, 0.29) is 5.56 Å². The maximum Gasteiger partial charge on any atom is 0.262 e. The number of fused-ring (bicyclic) bond motifs is 3.